The van der Waals surface area contributed by atoms with Crippen molar-refractivity contribution >= 4 is 15.9 Å². The van der Waals surface area contributed by atoms with Gasteiger partial charge in [-0.2, -0.15) is 0 Å². The van der Waals surface area contributed by atoms with E-state index in [9.17, 15) is 13.2 Å². The van der Waals surface area contributed by atoms with Gasteiger partial charge in [0.05, 0.1) is 17.8 Å². The fourth-order valence-corrected chi connectivity index (χ4v) is 4.44. The van der Waals surface area contributed by atoms with Crippen molar-refractivity contribution in [3.8, 4) is 0 Å². The number of sulfonamides is 1. The molecule has 4 N–H and O–H groups in total. The number of carbonyl (C=O) groups is 1. The van der Waals surface area contributed by atoms with Crippen molar-refractivity contribution in [3.05, 3.63) is 0 Å². The van der Waals surface area contributed by atoms with Crippen molar-refractivity contribution in [2.75, 3.05) is 25.4 Å². The Labute approximate surface area is 145 Å². The molecule has 140 valence electrons. The van der Waals surface area contributed by atoms with Gasteiger partial charge in [0.15, 0.2) is 0 Å². The molecule has 3 atom stereocenters. The lowest BCUT2D eigenvalue weighted by molar-refractivity contribution is -0.127. The number of ether oxygens (including phenoxy) is 1. The largest absolute Gasteiger partial charge is 0.377 e. The second-order valence-electron chi connectivity index (χ2n) is 7.25. The molecule has 8 heteroatoms. The van der Waals surface area contributed by atoms with E-state index in [2.05, 4.69) is 10.0 Å². The molecule has 24 heavy (non-hydrogen) atoms. The summed E-state index contributed by atoms with van der Waals surface area (Å²) >= 11 is 0. The average Bonchev–Trinajstić information content (AvgIpc) is 2.53. The van der Waals surface area contributed by atoms with Gasteiger partial charge in [0.1, 0.15) is 0 Å². The standard InChI is InChI=1S/C16H31N3O4S/c1-16(17)8-4-2-7-14(16)15(20)18-9-11-24(21,22)19-12-13-6-3-5-10-23-13/h13-14,19H,2-12,17H2,1H3,(H,18,20). The zero-order chi connectivity index (χ0) is 17.6. The van der Waals surface area contributed by atoms with Crippen LogP contribution < -0.4 is 15.8 Å². The van der Waals surface area contributed by atoms with E-state index in [4.69, 9.17) is 10.5 Å². The van der Waals surface area contributed by atoms with E-state index in [0.29, 0.717) is 13.2 Å². The predicted octanol–water partition coefficient (Wildman–Crippen LogP) is 0.499. The Kier molecular flexibility index (Phi) is 7.03. The molecule has 0 aromatic rings. The van der Waals surface area contributed by atoms with Gasteiger partial charge in [0.25, 0.3) is 0 Å². The van der Waals surface area contributed by atoms with Crippen molar-refractivity contribution in [1.29, 1.82) is 0 Å². The molecular formula is C16H31N3O4S. The zero-order valence-corrected chi connectivity index (χ0v) is 15.4. The summed E-state index contributed by atoms with van der Waals surface area (Å²) in [6.07, 6.45) is 6.58. The third-order valence-corrected chi connectivity index (χ3v) is 6.39. The Bertz CT molecular complexity index is 515. The highest BCUT2D eigenvalue weighted by atomic mass is 32.2. The van der Waals surface area contributed by atoms with E-state index >= 15 is 0 Å². The Balaban J connectivity index is 1.70. The van der Waals surface area contributed by atoms with Crippen LogP contribution in [0.5, 0.6) is 0 Å². The lowest BCUT2D eigenvalue weighted by atomic mass is 9.74. The minimum atomic E-state index is -3.41. The summed E-state index contributed by atoms with van der Waals surface area (Å²) in [7, 11) is -3.41. The fraction of sp³-hybridized carbons (Fsp3) is 0.938. The summed E-state index contributed by atoms with van der Waals surface area (Å²) in [5.41, 5.74) is 5.70. The first kappa shape index (κ1) is 19.6. The molecule has 1 aliphatic carbocycles. The number of amides is 1. The Morgan fingerprint density at radius 3 is 2.67 bits per heavy atom. The van der Waals surface area contributed by atoms with E-state index in [0.717, 1.165) is 44.9 Å². The highest BCUT2D eigenvalue weighted by Crippen LogP contribution is 2.31. The van der Waals surface area contributed by atoms with Gasteiger partial charge in [0, 0.05) is 25.2 Å². The van der Waals surface area contributed by atoms with Crippen LogP contribution in [0.3, 0.4) is 0 Å². The summed E-state index contributed by atoms with van der Waals surface area (Å²) < 4.78 is 32.1. The van der Waals surface area contributed by atoms with Gasteiger partial charge in [-0.1, -0.05) is 12.8 Å². The van der Waals surface area contributed by atoms with Crippen molar-refractivity contribution in [1.82, 2.24) is 10.0 Å². The summed E-state index contributed by atoms with van der Waals surface area (Å²) in [5.74, 6) is -0.498. The Morgan fingerprint density at radius 1 is 1.25 bits per heavy atom. The SMILES string of the molecule is CC1(N)CCCCC1C(=O)NCCS(=O)(=O)NCC1CCCCO1. The van der Waals surface area contributed by atoms with E-state index in [1.165, 1.54) is 0 Å². The van der Waals surface area contributed by atoms with E-state index in [1.807, 2.05) is 6.92 Å². The number of hydrogen-bond acceptors (Lipinski definition) is 5. The molecule has 1 heterocycles. The van der Waals surface area contributed by atoms with Crippen molar-refractivity contribution in [2.45, 2.75) is 63.5 Å². The molecule has 0 radical (unpaired) electrons. The fourth-order valence-electron chi connectivity index (χ4n) is 3.48. The van der Waals surface area contributed by atoms with Gasteiger partial charge < -0.3 is 15.8 Å². The highest BCUT2D eigenvalue weighted by molar-refractivity contribution is 7.89. The monoisotopic (exact) mass is 361 g/mol. The van der Waals surface area contributed by atoms with Crippen molar-refractivity contribution in [3.63, 3.8) is 0 Å². The van der Waals surface area contributed by atoms with Gasteiger partial charge in [-0.3, -0.25) is 4.79 Å². The van der Waals surface area contributed by atoms with Crippen LogP contribution >= 0.6 is 0 Å². The number of carbonyl (C=O) groups excluding carboxylic acids is 1. The topological polar surface area (TPSA) is 111 Å². The summed E-state index contributed by atoms with van der Waals surface area (Å²) in [4.78, 5) is 12.3. The number of hydrogen-bond donors (Lipinski definition) is 3. The number of nitrogens with two attached hydrogens (primary N) is 1. The number of nitrogens with one attached hydrogen (secondary N) is 2. The summed E-state index contributed by atoms with van der Waals surface area (Å²) in [6, 6.07) is 0. The van der Waals surface area contributed by atoms with Crippen molar-refractivity contribution in [2.24, 2.45) is 11.7 Å². The highest BCUT2D eigenvalue weighted by Gasteiger charge is 2.37. The first-order valence-electron chi connectivity index (χ1n) is 8.96. The first-order valence-corrected chi connectivity index (χ1v) is 10.6. The molecule has 2 aliphatic rings. The van der Waals surface area contributed by atoms with Gasteiger partial charge in [-0.05, 0) is 39.0 Å². The van der Waals surface area contributed by atoms with Crippen LogP contribution in [0.15, 0.2) is 0 Å². The molecule has 0 spiro atoms. The molecule has 1 aliphatic heterocycles. The summed E-state index contributed by atoms with van der Waals surface area (Å²) in [6.45, 7) is 3.01. The molecule has 7 nitrogen and oxygen atoms in total. The lowest BCUT2D eigenvalue weighted by Gasteiger charge is -2.37. The van der Waals surface area contributed by atoms with Gasteiger partial charge >= 0.3 is 0 Å². The minimum Gasteiger partial charge on any atom is -0.377 e. The molecule has 0 aromatic carbocycles. The maximum absolute atomic E-state index is 12.3. The molecular weight excluding hydrogens is 330 g/mol. The normalized spacial score (nSPS) is 31.6. The molecule has 2 rings (SSSR count). The summed E-state index contributed by atoms with van der Waals surface area (Å²) in [5, 5.41) is 2.73. The van der Waals surface area contributed by atoms with Crippen LogP contribution in [0, 0.1) is 5.92 Å². The minimum absolute atomic E-state index is 0.0386. The molecule has 0 aromatic heterocycles. The molecule has 1 saturated carbocycles. The van der Waals surface area contributed by atoms with Gasteiger partial charge in [-0.15, -0.1) is 0 Å². The smallest absolute Gasteiger partial charge is 0.224 e. The average molecular weight is 362 g/mol. The third kappa shape index (κ3) is 5.98. The molecule has 1 amide bonds. The Hall–Kier alpha value is -0.700. The zero-order valence-electron chi connectivity index (χ0n) is 14.6. The van der Waals surface area contributed by atoms with Crippen molar-refractivity contribution < 1.29 is 17.9 Å². The lowest BCUT2D eigenvalue weighted by Crippen LogP contribution is -2.53. The predicted molar refractivity (Wildman–Crippen MR) is 92.9 cm³/mol. The Morgan fingerprint density at radius 2 is 2.00 bits per heavy atom. The van der Waals surface area contributed by atoms with Crippen LogP contribution in [0.2, 0.25) is 0 Å². The van der Waals surface area contributed by atoms with Crippen LogP contribution in [0.1, 0.15) is 51.9 Å². The van der Waals surface area contributed by atoms with Gasteiger partial charge in [0.2, 0.25) is 15.9 Å². The third-order valence-electron chi connectivity index (χ3n) is 5.05. The maximum Gasteiger partial charge on any atom is 0.224 e. The molecule has 3 unspecified atom stereocenters. The first-order chi connectivity index (χ1) is 11.3. The van der Waals surface area contributed by atoms with Crippen LogP contribution in [-0.4, -0.2) is 51.4 Å². The molecule has 2 fully saturated rings. The van der Waals surface area contributed by atoms with Crippen LogP contribution in [0.25, 0.3) is 0 Å². The number of rotatable bonds is 7. The second-order valence-corrected chi connectivity index (χ2v) is 9.18. The maximum atomic E-state index is 12.3. The molecule has 0 bridgehead atoms. The van der Waals surface area contributed by atoms with Gasteiger partial charge in [-0.25, -0.2) is 13.1 Å². The quantitative estimate of drug-likeness (QED) is 0.611. The van der Waals surface area contributed by atoms with E-state index < -0.39 is 15.6 Å². The molecule has 1 saturated heterocycles. The second kappa shape index (κ2) is 8.60. The van der Waals surface area contributed by atoms with Crippen LogP contribution in [0.4, 0.5) is 0 Å². The van der Waals surface area contributed by atoms with E-state index in [-0.39, 0.29) is 30.2 Å². The van der Waals surface area contributed by atoms with E-state index in [1.54, 1.807) is 0 Å². The van der Waals surface area contributed by atoms with Crippen LogP contribution in [-0.2, 0) is 19.6 Å².